The third-order valence-electron chi connectivity index (χ3n) is 7.20. The van der Waals surface area contributed by atoms with Gasteiger partial charge in [-0.1, -0.05) is 74.7 Å². The summed E-state index contributed by atoms with van der Waals surface area (Å²) in [4.78, 5) is 12.9. The molecule has 0 atom stereocenters. The van der Waals surface area contributed by atoms with Gasteiger partial charge in [0, 0.05) is 20.1 Å². The third-order valence-corrected chi connectivity index (χ3v) is 10.7. The minimum atomic E-state index is -3.50. The first-order chi connectivity index (χ1) is 23.1. The second kappa shape index (κ2) is 19.0. The van der Waals surface area contributed by atoms with Crippen LogP contribution < -0.4 is 0 Å². The number of hydrogen-bond acceptors (Lipinski definition) is 6. The average Bonchev–Trinajstić information content (AvgIpc) is 3.08. The Kier molecular flexibility index (Phi) is 16.1. The number of Topliss-reactive ketones (excluding diaryl/α,β-unsaturated/α-hetero) is 1. The molecule has 6 rings (SSSR count). The number of aryl methyl sites for hydroxylation is 2. The van der Waals surface area contributed by atoms with Crippen LogP contribution in [-0.4, -0.2) is 30.7 Å². The summed E-state index contributed by atoms with van der Waals surface area (Å²) in [6, 6.07) is 28.7. The molecule has 2 aliphatic carbocycles. The molecule has 0 aromatic heterocycles. The Labute approximate surface area is 321 Å². The van der Waals surface area contributed by atoms with Gasteiger partial charge < -0.3 is 0 Å². The van der Waals surface area contributed by atoms with E-state index >= 15 is 0 Å². The molecule has 0 spiro atoms. The van der Waals surface area contributed by atoms with E-state index in [0.717, 1.165) is 42.4 Å². The van der Waals surface area contributed by atoms with E-state index < -0.39 is 27.7 Å². The Morgan fingerprint density at radius 2 is 1.08 bits per heavy atom. The fourth-order valence-electron chi connectivity index (χ4n) is 5.06. The summed E-state index contributed by atoms with van der Waals surface area (Å²) in [5.41, 5.74) is 3.91. The van der Waals surface area contributed by atoms with Gasteiger partial charge in [0.1, 0.15) is 0 Å². The molecule has 0 radical (unpaired) electrons. The molecular weight excluding hydrogens is 950 g/mol. The van der Waals surface area contributed by atoms with Crippen LogP contribution >= 0.6 is 39.5 Å². The van der Waals surface area contributed by atoms with Gasteiger partial charge in [0.05, 0.1) is 31.2 Å². The molecule has 6 nitrogen and oxygen atoms in total. The number of allylic oxidation sites excluding steroid dienone is 2. The van der Waals surface area contributed by atoms with Gasteiger partial charge in [0.25, 0.3) is 0 Å². The Morgan fingerprint density at radius 3 is 1.53 bits per heavy atom. The van der Waals surface area contributed by atoms with Gasteiger partial charge in [-0.15, -0.1) is 0 Å². The van der Waals surface area contributed by atoms with Crippen LogP contribution in [0.4, 0.5) is 0 Å². The minimum absolute atomic E-state index is 0.0650. The number of sulfone groups is 2. The van der Waals surface area contributed by atoms with Crippen molar-refractivity contribution in [3.63, 3.8) is 0 Å². The first kappa shape index (κ1) is 41.4. The molecule has 0 amide bonds. The average molecular weight is 989 g/mol. The summed E-state index contributed by atoms with van der Waals surface area (Å²) >= 11 is 4.93. The molecule has 49 heavy (non-hydrogen) atoms. The Morgan fingerprint density at radius 1 is 0.653 bits per heavy atom. The van der Waals surface area contributed by atoms with Gasteiger partial charge in [0.15, 0.2) is 5.78 Å². The molecule has 0 unspecified atom stereocenters. The van der Waals surface area contributed by atoms with Crippen molar-refractivity contribution >= 4 is 78.6 Å². The topological polar surface area (TPSA) is 109 Å². The van der Waals surface area contributed by atoms with Crippen LogP contribution in [-0.2, 0) is 42.6 Å². The van der Waals surface area contributed by atoms with Crippen molar-refractivity contribution in [3.05, 3.63) is 125 Å². The Balaban J connectivity index is 0.000000219. The fourth-order valence-corrected chi connectivity index (χ4v) is 7.72. The Bertz CT molecular complexity index is 2040. The van der Waals surface area contributed by atoms with E-state index in [1.807, 2.05) is 6.08 Å². The maximum absolute atomic E-state index is 12.6. The summed E-state index contributed by atoms with van der Waals surface area (Å²) in [5, 5.41) is 9.11. The molecule has 0 bridgehead atoms. The normalized spacial score (nSPS) is 13.5. The number of fused-ring (bicyclic) bond motifs is 2. The third kappa shape index (κ3) is 12.0. The van der Waals surface area contributed by atoms with Gasteiger partial charge >= 0.3 is 49.6 Å². The number of nitrogens with zero attached hydrogens (tertiary/aromatic N) is 1. The van der Waals surface area contributed by atoms with Crippen LogP contribution in [0.2, 0.25) is 26.2 Å². The second-order valence-corrected chi connectivity index (χ2v) is 46.3. The summed E-state index contributed by atoms with van der Waals surface area (Å²) < 4.78 is 50.2. The van der Waals surface area contributed by atoms with Crippen LogP contribution in [0.5, 0.6) is 0 Å². The summed E-state index contributed by atoms with van der Waals surface area (Å²) in [6.07, 6.45) is 5.54. The van der Waals surface area contributed by atoms with Crippen LogP contribution in [0, 0.1) is 11.3 Å². The van der Waals surface area contributed by atoms with Crippen molar-refractivity contribution in [2.24, 2.45) is 0 Å². The summed E-state index contributed by atoms with van der Waals surface area (Å²) in [7, 11) is -7.55. The molecule has 0 aliphatic heterocycles. The SMILES string of the molecule is C[Si](C)(C)C.N#CC1=CCCc2cc(S(=O)(=O)c3ccccc3)ccc21.O=C1CCCc2cc(S(=O)(=O)c3ccccc3)ccc21.[I][Zn][I]. The number of carbonyl (C=O) groups excluding carboxylic acids is 1. The molecule has 0 heterocycles. The summed E-state index contributed by atoms with van der Waals surface area (Å²) in [5.74, 6) is 0.106. The van der Waals surface area contributed by atoms with E-state index in [2.05, 4.69) is 71.8 Å². The monoisotopic (exact) mass is 987 g/mol. The Hall–Kier alpha value is -2.02. The van der Waals surface area contributed by atoms with Crippen molar-refractivity contribution in [3.8, 4) is 6.07 Å². The standard InChI is InChI=1S/C17H13NO2S.C16H14O3S.C4H12Si.2HI.Zn/c18-12-14-6-4-5-13-11-16(9-10-17(13)14)21(19,20)15-7-2-1-3-8-15;17-16-8-4-5-12-11-14(9-10-15(12)16)20(18,19)13-6-2-1-3-7-13;1-5(2,3)4;;;/h1-3,6-11H,4-5H2;1-3,6-7,9-11H,4-5,8H2;1-4H3;2*1H;/q;;;;;+2/p-2. The zero-order valence-corrected chi connectivity index (χ0v) is 38.0. The number of hydrogen-bond donors (Lipinski definition) is 0. The fraction of sp³-hybridized carbons (Fsp3) is 0.243. The molecule has 12 heteroatoms. The van der Waals surface area contributed by atoms with Crippen molar-refractivity contribution in [2.75, 3.05) is 0 Å². The quantitative estimate of drug-likeness (QED) is 0.149. The van der Waals surface area contributed by atoms with Gasteiger partial charge in [-0.05, 0) is 97.0 Å². The zero-order chi connectivity index (χ0) is 36.2. The van der Waals surface area contributed by atoms with Gasteiger partial charge in [-0.3, -0.25) is 4.79 Å². The van der Waals surface area contributed by atoms with E-state index in [1.165, 1.54) is 6.07 Å². The molecule has 4 aromatic rings. The number of carbonyl (C=O) groups is 1. The molecule has 0 saturated heterocycles. The number of rotatable bonds is 4. The number of nitriles is 1. The molecule has 0 N–H and O–H groups in total. The number of ketones is 1. The molecular formula is C37H39I2NO5S2SiZn. The molecule has 4 aromatic carbocycles. The number of halogens is 2. The van der Waals surface area contributed by atoms with Crippen molar-refractivity contribution in [1.29, 1.82) is 5.26 Å². The van der Waals surface area contributed by atoms with Crippen LogP contribution in [0.3, 0.4) is 0 Å². The maximum atomic E-state index is 12.6. The van der Waals surface area contributed by atoms with Gasteiger partial charge in [-0.25, -0.2) is 16.8 Å². The first-order valence-electron chi connectivity index (χ1n) is 15.8. The predicted octanol–water partition coefficient (Wildman–Crippen LogP) is 10.1. The van der Waals surface area contributed by atoms with E-state index in [9.17, 15) is 21.6 Å². The van der Waals surface area contributed by atoms with E-state index in [0.29, 0.717) is 17.6 Å². The van der Waals surface area contributed by atoms with Crippen molar-refractivity contribution in [1.82, 2.24) is 0 Å². The predicted molar refractivity (Wildman–Crippen MR) is 213 cm³/mol. The second-order valence-electron chi connectivity index (χ2n) is 12.9. The van der Waals surface area contributed by atoms with Crippen molar-refractivity contribution in [2.45, 2.75) is 77.9 Å². The summed E-state index contributed by atoms with van der Waals surface area (Å²) in [6.45, 7) is 9.31. The van der Waals surface area contributed by atoms with E-state index in [-0.39, 0.29) is 35.5 Å². The first-order valence-corrected chi connectivity index (χ1v) is 40.8. The molecule has 0 fully saturated rings. The van der Waals surface area contributed by atoms with E-state index in [1.54, 1.807) is 91.0 Å². The van der Waals surface area contributed by atoms with Crippen LogP contribution in [0.1, 0.15) is 46.3 Å². The van der Waals surface area contributed by atoms with Gasteiger partial charge in [0.2, 0.25) is 19.7 Å². The zero-order valence-electron chi connectivity index (χ0n) is 28.1. The van der Waals surface area contributed by atoms with Gasteiger partial charge in [-0.2, -0.15) is 5.26 Å². The van der Waals surface area contributed by atoms with Crippen LogP contribution in [0.25, 0.3) is 5.57 Å². The van der Waals surface area contributed by atoms with E-state index in [4.69, 9.17) is 5.26 Å². The molecule has 254 valence electrons. The van der Waals surface area contributed by atoms with Crippen molar-refractivity contribution < 1.29 is 31.7 Å². The molecule has 0 saturated carbocycles. The van der Waals surface area contributed by atoms with Crippen LogP contribution in [0.15, 0.2) is 123 Å². The molecule has 2 aliphatic rings. The number of benzene rings is 4.